The van der Waals surface area contributed by atoms with E-state index in [9.17, 15) is 0 Å². The first-order valence-electron chi connectivity index (χ1n) is 5.03. The van der Waals surface area contributed by atoms with E-state index < -0.39 is 0 Å². The van der Waals surface area contributed by atoms with Gasteiger partial charge in [-0.05, 0) is 30.0 Å². The highest BCUT2D eigenvalue weighted by atomic mass is 32.2. The topological polar surface area (TPSA) is 61.3 Å². The van der Waals surface area contributed by atoms with Gasteiger partial charge in [0.1, 0.15) is 6.61 Å². The summed E-state index contributed by atoms with van der Waals surface area (Å²) in [5.74, 6) is 0.536. The number of rotatable bonds is 4. The largest absolute Gasteiger partial charge is 0.474 e. The number of fused-ring (bicyclic) bond motifs is 1. The SMILES string of the molecule is CSc1c(C)ccc2onc(OCCN)c12. The average Bonchev–Trinajstić information content (AvgIpc) is 2.70. The van der Waals surface area contributed by atoms with E-state index in [4.69, 9.17) is 15.0 Å². The normalized spacial score (nSPS) is 10.9. The van der Waals surface area contributed by atoms with E-state index in [1.54, 1.807) is 11.8 Å². The molecule has 16 heavy (non-hydrogen) atoms. The molecule has 2 aromatic rings. The first kappa shape index (κ1) is 11.3. The van der Waals surface area contributed by atoms with Crippen LogP contribution in [0, 0.1) is 6.92 Å². The molecule has 4 nitrogen and oxygen atoms in total. The second-order valence-electron chi connectivity index (χ2n) is 3.41. The highest BCUT2D eigenvalue weighted by Crippen LogP contribution is 2.35. The van der Waals surface area contributed by atoms with Crippen LogP contribution >= 0.6 is 11.8 Å². The van der Waals surface area contributed by atoms with E-state index in [-0.39, 0.29) is 0 Å². The third kappa shape index (κ3) is 1.88. The lowest BCUT2D eigenvalue weighted by atomic mass is 10.2. The summed E-state index contributed by atoms with van der Waals surface area (Å²) in [5.41, 5.74) is 7.35. The lowest BCUT2D eigenvalue weighted by Gasteiger charge is -2.05. The van der Waals surface area contributed by atoms with Crippen molar-refractivity contribution in [2.45, 2.75) is 11.8 Å². The number of benzene rings is 1. The zero-order valence-corrected chi connectivity index (χ0v) is 10.1. The molecule has 0 aliphatic rings. The highest BCUT2D eigenvalue weighted by Gasteiger charge is 2.15. The fourth-order valence-electron chi connectivity index (χ4n) is 1.60. The Morgan fingerprint density at radius 3 is 3.00 bits per heavy atom. The summed E-state index contributed by atoms with van der Waals surface area (Å²) in [4.78, 5) is 1.14. The van der Waals surface area contributed by atoms with Gasteiger partial charge in [-0.2, -0.15) is 0 Å². The molecule has 1 heterocycles. The molecule has 2 N–H and O–H groups in total. The molecular weight excluding hydrogens is 224 g/mol. The Hall–Kier alpha value is -1.20. The van der Waals surface area contributed by atoms with Gasteiger partial charge in [0.05, 0.1) is 5.39 Å². The third-order valence-electron chi connectivity index (χ3n) is 2.32. The number of hydrogen-bond donors (Lipinski definition) is 1. The number of aryl methyl sites for hydroxylation is 1. The molecule has 0 saturated heterocycles. The molecule has 0 unspecified atom stereocenters. The Balaban J connectivity index is 2.54. The van der Waals surface area contributed by atoms with Crippen molar-refractivity contribution in [2.24, 2.45) is 5.73 Å². The van der Waals surface area contributed by atoms with Crippen LogP contribution in [0.5, 0.6) is 5.88 Å². The lowest BCUT2D eigenvalue weighted by molar-refractivity contribution is 0.292. The van der Waals surface area contributed by atoms with Gasteiger partial charge in [0.15, 0.2) is 5.58 Å². The molecule has 0 spiro atoms. The summed E-state index contributed by atoms with van der Waals surface area (Å²) in [7, 11) is 0. The molecule has 0 fully saturated rings. The molecule has 0 atom stereocenters. The standard InChI is InChI=1S/C11H14N2O2S/c1-7-3-4-8-9(10(7)16-2)11(13-15-8)14-6-5-12/h3-4H,5-6,12H2,1-2H3. The summed E-state index contributed by atoms with van der Waals surface area (Å²) >= 11 is 1.67. The van der Waals surface area contributed by atoms with Crippen LogP contribution in [0.4, 0.5) is 0 Å². The van der Waals surface area contributed by atoms with Crippen molar-refractivity contribution < 1.29 is 9.26 Å². The zero-order chi connectivity index (χ0) is 11.5. The van der Waals surface area contributed by atoms with Crippen LogP contribution in [0.25, 0.3) is 11.0 Å². The summed E-state index contributed by atoms with van der Waals surface area (Å²) in [6.07, 6.45) is 2.03. The summed E-state index contributed by atoms with van der Waals surface area (Å²) < 4.78 is 10.7. The number of hydrogen-bond acceptors (Lipinski definition) is 5. The second-order valence-corrected chi connectivity index (χ2v) is 4.23. The Morgan fingerprint density at radius 1 is 1.50 bits per heavy atom. The van der Waals surface area contributed by atoms with Crippen LogP contribution in [0.1, 0.15) is 5.56 Å². The molecule has 0 radical (unpaired) electrons. The predicted molar refractivity (Wildman–Crippen MR) is 65.1 cm³/mol. The van der Waals surface area contributed by atoms with Gasteiger partial charge in [0, 0.05) is 11.4 Å². The van der Waals surface area contributed by atoms with Crippen molar-refractivity contribution in [1.82, 2.24) is 5.16 Å². The fraction of sp³-hybridized carbons (Fsp3) is 0.364. The monoisotopic (exact) mass is 238 g/mol. The van der Waals surface area contributed by atoms with Crippen LogP contribution in [-0.2, 0) is 0 Å². The van der Waals surface area contributed by atoms with Crippen LogP contribution in [0.3, 0.4) is 0 Å². The van der Waals surface area contributed by atoms with Crippen LogP contribution in [0.2, 0.25) is 0 Å². The van der Waals surface area contributed by atoms with Crippen molar-refractivity contribution in [2.75, 3.05) is 19.4 Å². The maximum atomic E-state index is 5.46. The van der Waals surface area contributed by atoms with Gasteiger partial charge in [-0.25, -0.2) is 0 Å². The molecular formula is C11H14N2O2S. The average molecular weight is 238 g/mol. The summed E-state index contributed by atoms with van der Waals surface area (Å²) in [6, 6.07) is 3.93. The van der Waals surface area contributed by atoms with E-state index in [0.717, 1.165) is 15.9 Å². The number of aromatic nitrogens is 1. The Labute approximate surface area is 98.1 Å². The van der Waals surface area contributed by atoms with Gasteiger partial charge in [-0.15, -0.1) is 11.8 Å². The minimum Gasteiger partial charge on any atom is -0.474 e. The van der Waals surface area contributed by atoms with Crippen LogP contribution < -0.4 is 10.5 Å². The zero-order valence-electron chi connectivity index (χ0n) is 9.32. The van der Waals surface area contributed by atoms with Gasteiger partial charge >= 0.3 is 0 Å². The molecule has 0 saturated carbocycles. The Kier molecular flexibility index (Phi) is 3.36. The van der Waals surface area contributed by atoms with Gasteiger partial charge in [-0.3, -0.25) is 0 Å². The van der Waals surface area contributed by atoms with Crippen molar-refractivity contribution in [1.29, 1.82) is 0 Å². The maximum absolute atomic E-state index is 5.46. The third-order valence-corrected chi connectivity index (χ3v) is 3.25. The van der Waals surface area contributed by atoms with E-state index in [1.165, 1.54) is 5.56 Å². The van der Waals surface area contributed by atoms with Crippen molar-refractivity contribution in [3.8, 4) is 5.88 Å². The summed E-state index contributed by atoms with van der Waals surface area (Å²) in [6.45, 7) is 2.98. The van der Waals surface area contributed by atoms with E-state index in [2.05, 4.69) is 12.1 Å². The molecule has 1 aromatic carbocycles. The van der Waals surface area contributed by atoms with Crippen LogP contribution in [-0.4, -0.2) is 24.6 Å². The van der Waals surface area contributed by atoms with Gasteiger partial charge in [0.2, 0.25) is 0 Å². The minimum atomic E-state index is 0.448. The Bertz CT molecular complexity index is 496. The van der Waals surface area contributed by atoms with Crippen molar-refractivity contribution >= 4 is 22.7 Å². The molecule has 0 bridgehead atoms. The second kappa shape index (κ2) is 4.76. The van der Waals surface area contributed by atoms with Crippen molar-refractivity contribution in [3.05, 3.63) is 17.7 Å². The maximum Gasteiger partial charge on any atom is 0.263 e. The molecule has 2 rings (SSSR count). The van der Waals surface area contributed by atoms with E-state index in [0.29, 0.717) is 19.0 Å². The smallest absolute Gasteiger partial charge is 0.263 e. The Morgan fingerprint density at radius 2 is 2.31 bits per heavy atom. The molecule has 86 valence electrons. The van der Waals surface area contributed by atoms with Crippen molar-refractivity contribution in [3.63, 3.8) is 0 Å². The molecule has 0 amide bonds. The predicted octanol–water partition coefficient (Wildman–Crippen LogP) is 2.20. The molecule has 1 aromatic heterocycles. The quantitative estimate of drug-likeness (QED) is 0.827. The lowest BCUT2D eigenvalue weighted by Crippen LogP contribution is -2.10. The number of nitrogens with two attached hydrogens (primary N) is 1. The van der Waals surface area contributed by atoms with E-state index in [1.807, 2.05) is 18.4 Å². The first-order chi connectivity index (χ1) is 7.77. The minimum absolute atomic E-state index is 0.448. The summed E-state index contributed by atoms with van der Waals surface area (Å²) in [5, 5.41) is 4.86. The van der Waals surface area contributed by atoms with Gasteiger partial charge in [0.25, 0.3) is 5.88 Å². The number of ether oxygens (including phenoxy) is 1. The highest BCUT2D eigenvalue weighted by molar-refractivity contribution is 7.98. The van der Waals surface area contributed by atoms with Gasteiger partial charge in [-0.1, -0.05) is 6.07 Å². The number of nitrogens with zero attached hydrogens (tertiary/aromatic N) is 1. The van der Waals surface area contributed by atoms with E-state index >= 15 is 0 Å². The first-order valence-corrected chi connectivity index (χ1v) is 6.26. The van der Waals surface area contributed by atoms with Gasteiger partial charge < -0.3 is 15.0 Å². The molecule has 0 aliphatic carbocycles. The molecule has 5 heteroatoms. The fourth-order valence-corrected chi connectivity index (χ4v) is 2.38. The molecule has 0 aliphatic heterocycles. The van der Waals surface area contributed by atoms with Crippen LogP contribution in [0.15, 0.2) is 21.6 Å². The number of thioether (sulfide) groups is 1.